The van der Waals surface area contributed by atoms with E-state index in [-0.39, 0.29) is 5.56 Å². The number of nitrogen functional groups attached to an aromatic ring is 1. The van der Waals surface area contributed by atoms with Crippen molar-refractivity contribution >= 4 is 21.6 Å². The summed E-state index contributed by atoms with van der Waals surface area (Å²) >= 11 is 3.42. The third-order valence-corrected chi connectivity index (χ3v) is 3.44. The van der Waals surface area contributed by atoms with E-state index in [1.54, 1.807) is 16.8 Å². The highest BCUT2D eigenvalue weighted by molar-refractivity contribution is 9.10. The van der Waals surface area contributed by atoms with Crippen LogP contribution in [0.15, 0.2) is 45.8 Å². The topological polar surface area (TPSA) is 57.2 Å². The minimum absolute atomic E-state index is 0.0426. The van der Waals surface area contributed by atoms with Crippen molar-refractivity contribution in [1.29, 1.82) is 0 Å². The van der Waals surface area contributed by atoms with E-state index in [4.69, 9.17) is 10.5 Å². The van der Waals surface area contributed by atoms with Crippen LogP contribution in [0.1, 0.15) is 12.0 Å². The number of nitrogens with zero attached hydrogens (tertiary/aromatic N) is 1. The number of nitrogens with two attached hydrogens (primary N) is 1. The van der Waals surface area contributed by atoms with Gasteiger partial charge < -0.3 is 15.0 Å². The average molecular weight is 337 g/mol. The highest BCUT2D eigenvalue weighted by Gasteiger charge is 2.01. The molecule has 0 fully saturated rings. The second kappa shape index (κ2) is 6.61. The summed E-state index contributed by atoms with van der Waals surface area (Å²) in [6, 6.07) is 8.99. The summed E-state index contributed by atoms with van der Waals surface area (Å²) in [6.45, 7) is 3.16. The number of ether oxygens (including phenoxy) is 1. The normalized spacial score (nSPS) is 10.5. The van der Waals surface area contributed by atoms with Gasteiger partial charge in [0.05, 0.1) is 6.61 Å². The van der Waals surface area contributed by atoms with Gasteiger partial charge in [-0.3, -0.25) is 4.79 Å². The number of aromatic nitrogens is 1. The molecule has 20 heavy (non-hydrogen) atoms. The van der Waals surface area contributed by atoms with Gasteiger partial charge in [-0.1, -0.05) is 15.9 Å². The van der Waals surface area contributed by atoms with Crippen molar-refractivity contribution in [1.82, 2.24) is 4.57 Å². The van der Waals surface area contributed by atoms with Crippen LogP contribution in [-0.2, 0) is 6.54 Å². The van der Waals surface area contributed by atoms with E-state index in [0.29, 0.717) is 18.8 Å². The molecule has 0 radical (unpaired) electrons. The lowest BCUT2D eigenvalue weighted by Crippen LogP contribution is -2.20. The summed E-state index contributed by atoms with van der Waals surface area (Å²) in [6.07, 6.45) is 2.41. The number of anilines is 1. The van der Waals surface area contributed by atoms with Crippen LogP contribution < -0.4 is 16.0 Å². The van der Waals surface area contributed by atoms with Crippen LogP contribution in [0.4, 0.5) is 5.69 Å². The van der Waals surface area contributed by atoms with Crippen molar-refractivity contribution in [3.8, 4) is 5.75 Å². The lowest BCUT2D eigenvalue weighted by Gasteiger charge is -2.10. The Morgan fingerprint density at radius 1 is 1.30 bits per heavy atom. The standard InChI is InChI=1S/C15H17BrN2O2/c1-11-9-12(16)3-5-14(11)20-8-2-7-18-10-13(17)4-6-15(18)19/h3-6,9-10H,2,7-8,17H2,1H3. The molecule has 2 N–H and O–H groups in total. The molecule has 0 amide bonds. The summed E-state index contributed by atoms with van der Waals surface area (Å²) in [7, 11) is 0. The van der Waals surface area contributed by atoms with Gasteiger partial charge in [0.1, 0.15) is 5.75 Å². The van der Waals surface area contributed by atoms with Gasteiger partial charge in [-0.05, 0) is 43.2 Å². The predicted octanol–water partition coefficient (Wildman–Crippen LogP) is 2.97. The Kier molecular flexibility index (Phi) is 4.84. The first-order valence-corrected chi connectivity index (χ1v) is 7.20. The number of rotatable bonds is 5. The SMILES string of the molecule is Cc1cc(Br)ccc1OCCCn1cc(N)ccc1=O. The molecular weight excluding hydrogens is 320 g/mol. The smallest absolute Gasteiger partial charge is 0.250 e. The van der Waals surface area contributed by atoms with Crippen molar-refractivity contribution in [2.24, 2.45) is 0 Å². The summed E-state index contributed by atoms with van der Waals surface area (Å²) in [5.74, 6) is 0.869. The Hall–Kier alpha value is -1.75. The second-order valence-electron chi connectivity index (χ2n) is 4.61. The van der Waals surface area contributed by atoms with Crippen molar-refractivity contribution in [2.75, 3.05) is 12.3 Å². The predicted molar refractivity (Wildman–Crippen MR) is 84.1 cm³/mol. The Labute approximate surface area is 126 Å². The van der Waals surface area contributed by atoms with E-state index in [9.17, 15) is 4.79 Å². The van der Waals surface area contributed by atoms with Crippen LogP contribution in [0.2, 0.25) is 0 Å². The van der Waals surface area contributed by atoms with E-state index >= 15 is 0 Å². The fourth-order valence-corrected chi connectivity index (χ4v) is 2.39. The Bertz CT molecular complexity index is 653. The largest absolute Gasteiger partial charge is 0.493 e. The van der Waals surface area contributed by atoms with E-state index in [2.05, 4.69) is 15.9 Å². The van der Waals surface area contributed by atoms with Crippen LogP contribution in [0.3, 0.4) is 0 Å². The van der Waals surface area contributed by atoms with Gasteiger partial charge in [-0.15, -0.1) is 0 Å². The first kappa shape index (κ1) is 14.7. The molecule has 2 rings (SSSR count). The van der Waals surface area contributed by atoms with Gasteiger partial charge in [0.15, 0.2) is 0 Å². The maximum atomic E-state index is 11.6. The van der Waals surface area contributed by atoms with E-state index in [1.165, 1.54) is 6.07 Å². The van der Waals surface area contributed by atoms with Crippen molar-refractivity contribution in [3.05, 3.63) is 56.9 Å². The molecule has 0 atom stereocenters. The molecule has 0 aliphatic carbocycles. The van der Waals surface area contributed by atoms with Crippen molar-refractivity contribution in [3.63, 3.8) is 0 Å². The fourth-order valence-electron chi connectivity index (χ4n) is 1.92. The number of hydrogen-bond donors (Lipinski definition) is 1. The van der Waals surface area contributed by atoms with Crippen LogP contribution in [0.25, 0.3) is 0 Å². The molecule has 1 heterocycles. The Balaban J connectivity index is 1.87. The number of benzene rings is 1. The van der Waals surface area contributed by atoms with Crippen LogP contribution >= 0.6 is 15.9 Å². The molecule has 0 aliphatic rings. The van der Waals surface area contributed by atoms with Crippen LogP contribution in [-0.4, -0.2) is 11.2 Å². The molecule has 1 aromatic heterocycles. The molecular formula is C15H17BrN2O2. The maximum Gasteiger partial charge on any atom is 0.250 e. The van der Waals surface area contributed by atoms with Gasteiger partial charge in [0.25, 0.3) is 5.56 Å². The molecule has 0 aliphatic heterocycles. The molecule has 0 unspecified atom stereocenters. The summed E-state index contributed by atoms with van der Waals surface area (Å²) in [5, 5.41) is 0. The van der Waals surface area contributed by atoms with Gasteiger partial charge in [0.2, 0.25) is 0 Å². The molecule has 4 nitrogen and oxygen atoms in total. The number of halogens is 1. The molecule has 5 heteroatoms. The van der Waals surface area contributed by atoms with Crippen LogP contribution in [0, 0.1) is 6.92 Å². The first-order chi connectivity index (χ1) is 9.56. The van der Waals surface area contributed by atoms with Gasteiger partial charge in [0, 0.05) is 29.0 Å². The zero-order chi connectivity index (χ0) is 14.5. The summed E-state index contributed by atoms with van der Waals surface area (Å²) < 4.78 is 8.36. The zero-order valence-electron chi connectivity index (χ0n) is 11.3. The number of pyridine rings is 1. The fraction of sp³-hybridized carbons (Fsp3) is 0.267. The van der Waals surface area contributed by atoms with E-state index in [1.807, 2.05) is 25.1 Å². The second-order valence-corrected chi connectivity index (χ2v) is 5.52. The summed E-state index contributed by atoms with van der Waals surface area (Å²) in [4.78, 5) is 11.6. The zero-order valence-corrected chi connectivity index (χ0v) is 12.9. The average Bonchev–Trinajstić information content (AvgIpc) is 2.40. The Morgan fingerprint density at radius 2 is 2.10 bits per heavy atom. The molecule has 0 spiro atoms. The maximum absolute atomic E-state index is 11.6. The van der Waals surface area contributed by atoms with Crippen LogP contribution in [0.5, 0.6) is 5.75 Å². The van der Waals surface area contributed by atoms with Crippen molar-refractivity contribution in [2.45, 2.75) is 19.9 Å². The van der Waals surface area contributed by atoms with E-state index in [0.717, 1.165) is 22.2 Å². The molecule has 0 saturated heterocycles. The quantitative estimate of drug-likeness (QED) is 0.854. The third kappa shape index (κ3) is 3.87. The summed E-state index contributed by atoms with van der Waals surface area (Å²) in [5.41, 5.74) is 7.29. The molecule has 0 bridgehead atoms. The van der Waals surface area contributed by atoms with Gasteiger partial charge in [-0.2, -0.15) is 0 Å². The minimum Gasteiger partial charge on any atom is -0.493 e. The minimum atomic E-state index is -0.0426. The number of hydrogen-bond acceptors (Lipinski definition) is 3. The molecule has 2 aromatic rings. The molecule has 1 aromatic carbocycles. The monoisotopic (exact) mass is 336 g/mol. The lowest BCUT2D eigenvalue weighted by molar-refractivity contribution is 0.299. The van der Waals surface area contributed by atoms with Gasteiger partial charge >= 0.3 is 0 Å². The third-order valence-electron chi connectivity index (χ3n) is 2.94. The van der Waals surface area contributed by atoms with Gasteiger partial charge in [-0.25, -0.2) is 0 Å². The van der Waals surface area contributed by atoms with E-state index < -0.39 is 0 Å². The first-order valence-electron chi connectivity index (χ1n) is 6.41. The Morgan fingerprint density at radius 3 is 2.85 bits per heavy atom. The lowest BCUT2D eigenvalue weighted by atomic mass is 10.2. The highest BCUT2D eigenvalue weighted by atomic mass is 79.9. The molecule has 0 saturated carbocycles. The molecule has 106 valence electrons. The van der Waals surface area contributed by atoms with Crippen molar-refractivity contribution < 1.29 is 4.74 Å². The number of aryl methyl sites for hydroxylation is 2. The highest BCUT2D eigenvalue weighted by Crippen LogP contribution is 2.22.